The van der Waals surface area contributed by atoms with Crippen molar-refractivity contribution in [2.75, 3.05) is 0 Å². The fourth-order valence-corrected chi connectivity index (χ4v) is 11.0. The van der Waals surface area contributed by atoms with Crippen LogP contribution in [0.4, 0.5) is 0 Å². The zero-order valence-electron chi connectivity index (χ0n) is 21.2. The Morgan fingerprint density at radius 3 is 2.38 bits per heavy atom. The van der Waals surface area contributed by atoms with E-state index in [4.69, 9.17) is 0 Å². The highest BCUT2D eigenvalue weighted by Gasteiger charge is 2.81. The zero-order chi connectivity index (χ0) is 23.3. The molecule has 12 atom stereocenters. The van der Waals surface area contributed by atoms with Crippen molar-refractivity contribution < 1.29 is 15.3 Å². The molecule has 0 saturated heterocycles. The van der Waals surface area contributed by atoms with Gasteiger partial charge in [0.25, 0.3) is 0 Å². The standard InChI is InChI=1S/C29H48O3/c1-17(2)25(32)23(31)15-18(3)20-9-11-27(6)24-8-7-21-19(4)22(30)10-12-28(21)16-29(24,28)14-13-26(20,27)5/h18-25,30-32H,1,7-16H2,2-6H3/t18-,19+,20-,21+,22+,23-,24+,25-,26-,27+,28-,29+/m1/s1. The normalized spacial score (nSPS) is 54.4. The highest BCUT2D eigenvalue weighted by atomic mass is 16.3. The van der Waals surface area contributed by atoms with Crippen LogP contribution in [0.3, 0.4) is 0 Å². The Hall–Kier alpha value is -0.380. The second-order valence-corrected chi connectivity index (χ2v) is 13.7. The second-order valence-electron chi connectivity index (χ2n) is 13.7. The maximum atomic E-state index is 10.6. The highest BCUT2D eigenvalue weighted by molar-refractivity contribution is 5.29. The molecule has 5 aliphatic rings. The minimum atomic E-state index is -0.807. The van der Waals surface area contributed by atoms with E-state index in [0.29, 0.717) is 51.4 Å². The van der Waals surface area contributed by atoms with Crippen molar-refractivity contribution in [1.29, 1.82) is 0 Å². The molecule has 5 aliphatic carbocycles. The molecule has 0 heterocycles. The lowest BCUT2D eigenvalue weighted by Crippen LogP contribution is -2.56. The smallest absolute Gasteiger partial charge is 0.100 e. The van der Waals surface area contributed by atoms with Gasteiger partial charge in [-0.25, -0.2) is 0 Å². The van der Waals surface area contributed by atoms with Gasteiger partial charge in [-0.3, -0.25) is 0 Å². The van der Waals surface area contributed by atoms with E-state index in [9.17, 15) is 15.3 Å². The van der Waals surface area contributed by atoms with Crippen LogP contribution in [0.15, 0.2) is 12.2 Å². The van der Waals surface area contributed by atoms with Crippen LogP contribution in [0, 0.1) is 51.2 Å². The van der Waals surface area contributed by atoms with Crippen LogP contribution in [0.5, 0.6) is 0 Å². The van der Waals surface area contributed by atoms with Gasteiger partial charge in [0, 0.05) is 0 Å². The zero-order valence-corrected chi connectivity index (χ0v) is 21.2. The first-order valence-electron chi connectivity index (χ1n) is 13.6. The quantitative estimate of drug-likeness (QED) is 0.475. The fourth-order valence-electron chi connectivity index (χ4n) is 11.0. The Morgan fingerprint density at radius 2 is 1.69 bits per heavy atom. The van der Waals surface area contributed by atoms with Gasteiger partial charge < -0.3 is 15.3 Å². The number of hydrogen-bond acceptors (Lipinski definition) is 3. The number of rotatable bonds is 5. The molecule has 5 rings (SSSR count). The molecule has 2 spiro atoms. The summed E-state index contributed by atoms with van der Waals surface area (Å²) < 4.78 is 0. The molecule has 5 saturated carbocycles. The molecule has 182 valence electrons. The molecule has 5 fully saturated rings. The van der Waals surface area contributed by atoms with Crippen molar-refractivity contribution in [1.82, 2.24) is 0 Å². The summed E-state index contributed by atoms with van der Waals surface area (Å²) in [6.45, 7) is 15.5. The summed E-state index contributed by atoms with van der Waals surface area (Å²) >= 11 is 0. The average Bonchev–Trinajstić information content (AvgIpc) is 3.32. The maximum absolute atomic E-state index is 10.6. The SMILES string of the molecule is C=C(C)[C@@H](O)[C@H](O)C[C@@H](C)[C@H]1CC[C@@]2(C)[C@@H]3CC[C@H]4[C@H](C)[C@@H](O)CC[C@@]45C[C@@]35CC[C@]12C. The Bertz CT molecular complexity index is 778. The van der Waals surface area contributed by atoms with Crippen molar-refractivity contribution >= 4 is 0 Å². The van der Waals surface area contributed by atoms with E-state index < -0.39 is 12.2 Å². The van der Waals surface area contributed by atoms with Crippen LogP contribution in [0.1, 0.15) is 98.8 Å². The Kier molecular flexibility index (Phi) is 5.34. The molecule has 0 amide bonds. The minimum Gasteiger partial charge on any atom is -0.393 e. The molecular weight excluding hydrogens is 396 g/mol. The summed E-state index contributed by atoms with van der Waals surface area (Å²) in [5, 5.41) is 31.5. The van der Waals surface area contributed by atoms with E-state index in [-0.39, 0.29) is 6.10 Å². The van der Waals surface area contributed by atoms with Gasteiger partial charge in [-0.05, 0) is 128 Å². The Labute approximate surface area is 196 Å². The van der Waals surface area contributed by atoms with Gasteiger partial charge in [0.2, 0.25) is 0 Å². The topological polar surface area (TPSA) is 60.7 Å². The molecule has 3 heteroatoms. The van der Waals surface area contributed by atoms with Crippen LogP contribution in [0.25, 0.3) is 0 Å². The predicted octanol–water partition coefficient (Wildman–Crippen LogP) is 5.72. The van der Waals surface area contributed by atoms with Crippen LogP contribution < -0.4 is 0 Å². The summed E-state index contributed by atoms with van der Waals surface area (Å²) in [6.07, 6.45) is 10.7. The number of aliphatic hydroxyl groups is 3. The predicted molar refractivity (Wildman–Crippen MR) is 129 cm³/mol. The van der Waals surface area contributed by atoms with E-state index in [0.717, 1.165) is 18.3 Å². The minimum absolute atomic E-state index is 0.0815. The molecule has 3 nitrogen and oxygen atoms in total. The molecule has 0 unspecified atom stereocenters. The molecule has 0 aromatic heterocycles. The number of aliphatic hydroxyl groups excluding tert-OH is 3. The van der Waals surface area contributed by atoms with Gasteiger partial charge in [-0.2, -0.15) is 0 Å². The third-order valence-electron chi connectivity index (χ3n) is 12.9. The van der Waals surface area contributed by atoms with E-state index in [1.807, 2.05) is 0 Å². The first kappa shape index (κ1) is 23.4. The van der Waals surface area contributed by atoms with Gasteiger partial charge in [-0.15, -0.1) is 0 Å². The largest absolute Gasteiger partial charge is 0.393 e. The van der Waals surface area contributed by atoms with Crippen LogP contribution >= 0.6 is 0 Å². The van der Waals surface area contributed by atoms with Gasteiger partial charge in [0.15, 0.2) is 0 Å². The highest BCUT2D eigenvalue weighted by Crippen LogP contribution is 2.88. The lowest BCUT2D eigenvalue weighted by Gasteiger charge is -2.62. The number of fused-ring (bicyclic) bond motifs is 2. The molecule has 0 radical (unpaired) electrons. The van der Waals surface area contributed by atoms with Crippen molar-refractivity contribution in [2.45, 2.75) is 117 Å². The average molecular weight is 445 g/mol. The fraction of sp³-hybridized carbons (Fsp3) is 0.931. The van der Waals surface area contributed by atoms with Crippen molar-refractivity contribution in [2.24, 2.45) is 51.2 Å². The summed E-state index contributed by atoms with van der Waals surface area (Å²) in [7, 11) is 0. The lowest BCUT2D eigenvalue weighted by atomic mass is 9.43. The number of hydrogen-bond donors (Lipinski definition) is 3. The summed E-state index contributed by atoms with van der Waals surface area (Å²) in [5.41, 5.74) is 2.45. The van der Waals surface area contributed by atoms with E-state index in [2.05, 4.69) is 34.3 Å². The summed E-state index contributed by atoms with van der Waals surface area (Å²) in [4.78, 5) is 0. The first-order valence-corrected chi connectivity index (χ1v) is 13.6. The van der Waals surface area contributed by atoms with Crippen LogP contribution in [-0.4, -0.2) is 33.6 Å². The van der Waals surface area contributed by atoms with Crippen molar-refractivity contribution in [3.63, 3.8) is 0 Å². The lowest BCUT2D eigenvalue weighted by molar-refractivity contribution is -0.144. The molecule has 0 aliphatic heterocycles. The van der Waals surface area contributed by atoms with Crippen molar-refractivity contribution in [3.05, 3.63) is 12.2 Å². The monoisotopic (exact) mass is 444 g/mol. The van der Waals surface area contributed by atoms with Gasteiger partial charge in [0.1, 0.15) is 6.10 Å². The van der Waals surface area contributed by atoms with Gasteiger partial charge in [-0.1, -0.05) is 34.3 Å². The molecular formula is C29H48O3. The molecule has 0 aromatic carbocycles. The summed E-state index contributed by atoms with van der Waals surface area (Å²) in [6, 6.07) is 0. The Morgan fingerprint density at radius 1 is 0.969 bits per heavy atom. The van der Waals surface area contributed by atoms with Crippen molar-refractivity contribution in [3.8, 4) is 0 Å². The second kappa shape index (κ2) is 7.31. The third kappa shape index (κ3) is 2.77. The summed E-state index contributed by atoms with van der Waals surface area (Å²) in [5.74, 6) is 3.08. The van der Waals surface area contributed by atoms with Gasteiger partial charge in [0.05, 0.1) is 12.2 Å². The van der Waals surface area contributed by atoms with Crippen LogP contribution in [-0.2, 0) is 0 Å². The van der Waals surface area contributed by atoms with Crippen LogP contribution in [0.2, 0.25) is 0 Å². The van der Waals surface area contributed by atoms with Gasteiger partial charge >= 0.3 is 0 Å². The Balaban J connectivity index is 1.38. The van der Waals surface area contributed by atoms with E-state index in [1.165, 1.54) is 51.4 Å². The molecule has 0 aromatic rings. The first-order chi connectivity index (χ1) is 14.9. The maximum Gasteiger partial charge on any atom is 0.100 e. The third-order valence-corrected chi connectivity index (χ3v) is 12.9. The van der Waals surface area contributed by atoms with E-state index >= 15 is 0 Å². The molecule has 3 N–H and O–H groups in total. The van der Waals surface area contributed by atoms with E-state index in [1.54, 1.807) is 6.92 Å². The molecule has 32 heavy (non-hydrogen) atoms. The molecule has 0 bridgehead atoms.